The van der Waals surface area contributed by atoms with Crippen molar-refractivity contribution in [2.45, 2.75) is 19.0 Å². The highest BCUT2D eigenvalue weighted by molar-refractivity contribution is 7.10. The van der Waals surface area contributed by atoms with Crippen LogP contribution in [0.5, 0.6) is 11.5 Å². The molecule has 4 heterocycles. The van der Waals surface area contributed by atoms with Gasteiger partial charge in [-0.2, -0.15) is 16.3 Å². The Kier molecular flexibility index (Phi) is 5.28. The summed E-state index contributed by atoms with van der Waals surface area (Å²) in [6.45, 7) is 1.48. The zero-order valence-electron chi connectivity index (χ0n) is 16.7. The Morgan fingerprint density at radius 1 is 1.17 bits per heavy atom. The lowest BCUT2D eigenvalue weighted by Gasteiger charge is -2.36. The van der Waals surface area contributed by atoms with Gasteiger partial charge in [-0.15, -0.1) is 11.3 Å². The summed E-state index contributed by atoms with van der Waals surface area (Å²) in [5.74, 6) is 2.79. The molecule has 0 spiro atoms. The van der Waals surface area contributed by atoms with Gasteiger partial charge in [0.2, 0.25) is 11.7 Å². The van der Waals surface area contributed by atoms with Gasteiger partial charge in [0.25, 0.3) is 0 Å². The van der Waals surface area contributed by atoms with Crippen molar-refractivity contribution in [3.05, 3.63) is 68.4 Å². The quantitative estimate of drug-likeness (QED) is 0.420. The largest absolute Gasteiger partial charge is 0.493 e. The smallest absolute Gasteiger partial charge is 0.241 e. The molecule has 0 aliphatic carbocycles. The first-order chi connectivity index (χ1) is 14.8. The number of benzene rings is 1. The molecule has 1 aliphatic rings. The third kappa shape index (κ3) is 3.51. The molecule has 0 amide bonds. The number of rotatable bonds is 6. The first-order valence-corrected chi connectivity index (χ1v) is 11.5. The number of hydrogen-bond acceptors (Lipinski definition) is 8. The van der Waals surface area contributed by atoms with Crippen molar-refractivity contribution in [3.63, 3.8) is 0 Å². The number of thiophene rings is 2. The molecular formula is C22H21N3O3S2. The average molecular weight is 440 g/mol. The molecule has 154 valence electrons. The standard InChI is InChI=1S/C22H21N3O3S2/c1-26-17-10-14-5-7-25(12-20-23-22(24-28-20)15-6-9-29-13-15)21(19-4-3-8-30-19)16(14)11-18(17)27-2/h3-4,6,8-11,13,21H,5,7,12H2,1-2H3. The van der Waals surface area contributed by atoms with E-state index in [0.29, 0.717) is 18.3 Å². The molecule has 3 aromatic heterocycles. The van der Waals surface area contributed by atoms with E-state index >= 15 is 0 Å². The van der Waals surface area contributed by atoms with Crippen molar-refractivity contribution in [2.24, 2.45) is 0 Å². The van der Waals surface area contributed by atoms with Crippen LogP contribution in [0.15, 0.2) is 51.0 Å². The fourth-order valence-corrected chi connectivity index (χ4v) is 5.46. The summed E-state index contributed by atoms with van der Waals surface area (Å²) in [7, 11) is 3.35. The summed E-state index contributed by atoms with van der Waals surface area (Å²) in [4.78, 5) is 8.30. The highest BCUT2D eigenvalue weighted by Gasteiger charge is 2.32. The van der Waals surface area contributed by atoms with E-state index in [1.807, 2.05) is 16.8 Å². The second kappa shape index (κ2) is 8.22. The maximum absolute atomic E-state index is 5.59. The fraction of sp³-hybridized carbons (Fsp3) is 0.273. The fourth-order valence-electron chi connectivity index (χ4n) is 3.95. The van der Waals surface area contributed by atoms with Crippen molar-refractivity contribution in [1.82, 2.24) is 15.0 Å². The van der Waals surface area contributed by atoms with Gasteiger partial charge in [0.1, 0.15) is 0 Å². The topological polar surface area (TPSA) is 60.6 Å². The van der Waals surface area contributed by atoms with Crippen molar-refractivity contribution < 1.29 is 14.0 Å². The van der Waals surface area contributed by atoms with Gasteiger partial charge in [-0.1, -0.05) is 11.2 Å². The molecule has 5 rings (SSSR count). The van der Waals surface area contributed by atoms with Gasteiger partial charge in [0.15, 0.2) is 11.5 Å². The molecule has 0 fully saturated rings. The molecule has 0 bridgehead atoms. The number of nitrogens with zero attached hydrogens (tertiary/aromatic N) is 3. The molecule has 30 heavy (non-hydrogen) atoms. The number of fused-ring (bicyclic) bond motifs is 1. The molecule has 8 heteroatoms. The number of ether oxygens (including phenoxy) is 2. The second-order valence-corrected chi connectivity index (χ2v) is 8.83. The van der Waals surface area contributed by atoms with Crippen molar-refractivity contribution in [1.29, 1.82) is 0 Å². The van der Waals surface area contributed by atoms with E-state index in [-0.39, 0.29) is 6.04 Å². The van der Waals surface area contributed by atoms with E-state index in [4.69, 9.17) is 14.0 Å². The van der Waals surface area contributed by atoms with Crippen LogP contribution in [0, 0.1) is 0 Å². The number of aromatic nitrogens is 2. The van der Waals surface area contributed by atoms with Crippen LogP contribution in [0.3, 0.4) is 0 Å². The van der Waals surface area contributed by atoms with Crippen molar-refractivity contribution in [2.75, 3.05) is 20.8 Å². The maximum atomic E-state index is 5.59. The van der Waals surface area contributed by atoms with Crippen LogP contribution < -0.4 is 9.47 Å². The summed E-state index contributed by atoms with van der Waals surface area (Å²) < 4.78 is 16.7. The summed E-state index contributed by atoms with van der Waals surface area (Å²) in [6.07, 6.45) is 0.920. The normalized spacial score (nSPS) is 16.4. The van der Waals surface area contributed by atoms with Gasteiger partial charge in [0.05, 0.1) is 26.8 Å². The summed E-state index contributed by atoms with van der Waals surface area (Å²) in [5.41, 5.74) is 3.51. The molecule has 1 aromatic carbocycles. The lowest BCUT2D eigenvalue weighted by atomic mass is 9.91. The maximum Gasteiger partial charge on any atom is 0.241 e. The molecule has 6 nitrogen and oxygen atoms in total. The minimum atomic E-state index is 0.102. The third-order valence-corrected chi connectivity index (χ3v) is 6.98. The van der Waals surface area contributed by atoms with E-state index in [2.05, 4.69) is 44.7 Å². The van der Waals surface area contributed by atoms with Crippen LogP contribution in [0.2, 0.25) is 0 Å². The van der Waals surface area contributed by atoms with E-state index in [0.717, 1.165) is 30.0 Å². The zero-order valence-corrected chi connectivity index (χ0v) is 18.3. The Balaban J connectivity index is 1.50. The molecule has 4 aromatic rings. The predicted octanol–water partition coefficient (Wildman–Crippen LogP) is 5.02. The summed E-state index contributed by atoms with van der Waals surface area (Å²) >= 11 is 3.38. The highest BCUT2D eigenvalue weighted by atomic mass is 32.1. The van der Waals surface area contributed by atoms with Crippen LogP contribution in [-0.4, -0.2) is 35.8 Å². The Bertz CT molecular complexity index is 1120. The third-order valence-electron chi connectivity index (χ3n) is 5.37. The van der Waals surface area contributed by atoms with Gasteiger partial charge in [-0.05, 0) is 52.6 Å². The minimum absolute atomic E-state index is 0.102. The summed E-state index contributed by atoms with van der Waals surface area (Å²) in [6, 6.07) is 10.6. The first kappa shape index (κ1) is 19.3. The molecular weight excluding hydrogens is 418 g/mol. The molecule has 0 N–H and O–H groups in total. The highest BCUT2D eigenvalue weighted by Crippen LogP contribution is 2.42. The van der Waals surface area contributed by atoms with Crippen LogP contribution in [0.1, 0.15) is 27.9 Å². The number of hydrogen-bond donors (Lipinski definition) is 0. The van der Waals surface area contributed by atoms with Crippen LogP contribution in [0.4, 0.5) is 0 Å². The molecule has 0 saturated heterocycles. The Morgan fingerprint density at radius 3 is 2.77 bits per heavy atom. The van der Waals surface area contributed by atoms with Crippen LogP contribution >= 0.6 is 22.7 Å². The number of methoxy groups -OCH3 is 2. The van der Waals surface area contributed by atoms with Gasteiger partial charge in [0, 0.05) is 22.4 Å². The molecule has 1 aliphatic heterocycles. The first-order valence-electron chi connectivity index (χ1n) is 9.64. The van der Waals surface area contributed by atoms with E-state index in [1.54, 1.807) is 36.9 Å². The minimum Gasteiger partial charge on any atom is -0.493 e. The SMILES string of the molecule is COc1cc2c(cc1OC)C(c1cccs1)N(Cc1nc(-c3ccsc3)no1)CC2. The van der Waals surface area contributed by atoms with Crippen LogP contribution in [-0.2, 0) is 13.0 Å². The van der Waals surface area contributed by atoms with Crippen LogP contribution in [0.25, 0.3) is 11.4 Å². The van der Waals surface area contributed by atoms with Crippen molar-refractivity contribution >= 4 is 22.7 Å². The van der Waals surface area contributed by atoms with Gasteiger partial charge >= 0.3 is 0 Å². The average Bonchev–Trinajstić information content (AvgIpc) is 3.55. The molecule has 0 radical (unpaired) electrons. The van der Waals surface area contributed by atoms with Crippen molar-refractivity contribution in [3.8, 4) is 22.9 Å². The zero-order chi connectivity index (χ0) is 20.5. The van der Waals surface area contributed by atoms with E-state index in [9.17, 15) is 0 Å². The monoisotopic (exact) mass is 439 g/mol. The molecule has 0 saturated carbocycles. The van der Waals surface area contributed by atoms with E-state index < -0.39 is 0 Å². The van der Waals surface area contributed by atoms with E-state index in [1.165, 1.54) is 16.0 Å². The Hall–Kier alpha value is -2.68. The predicted molar refractivity (Wildman–Crippen MR) is 117 cm³/mol. The Morgan fingerprint density at radius 2 is 2.03 bits per heavy atom. The molecule has 1 unspecified atom stereocenters. The van der Waals surface area contributed by atoms with Gasteiger partial charge in [-0.3, -0.25) is 4.90 Å². The summed E-state index contributed by atoms with van der Waals surface area (Å²) in [5, 5.41) is 10.3. The van der Waals surface area contributed by atoms with Gasteiger partial charge < -0.3 is 14.0 Å². The van der Waals surface area contributed by atoms with Gasteiger partial charge in [-0.25, -0.2) is 0 Å². The Labute approximate surface area is 182 Å². The molecule has 1 atom stereocenters. The second-order valence-electron chi connectivity index (χ2n) is 7.07. The lowest BCUT2D eigenvalue weighted by Crippen LogP contribution is -2.35. The lowest BCUT2D eigenvalue weighted by molar-refractivity contribution is 0.179.